The molecule has 0 atom stereocenters. The zero-order chi connectivity index (χ0) is 10.6. The van der Waals surface area contributed by atoms with Crippen molar-refractivity contribution in [3.05, 3.63) is 0 Å². The second-order valence-corrected chi connectivity index (χ2v) is 5.41. The molecule has 84 valence electrons. The molecular weight excluding hydrogens is 172 g/mol. The van der Waals surface area contributed by atoms with Gasteiger partial charge in [0.1, 0.15) is 0 Å². The van der Waals surface area contributed by atoms with Gasteiger partial charge in [0.05, 0.1) is 5.60 Å². The van der Waals surface area contributed by atoms with Gasteiger partial charge < -0.3 is 4.74 Å². The molecule has 0 heterocycles. The fourth-order valence-electron chi connectivity index (χ4n) is 2.44. The van der Waals surface area contributed by atoms with Crippen LogP contribution in [0.1, 0.15) is 59.8 Å². The van der Waals surface area contributed by atoms with Gasteiger partial charge in [-0.3, -0.25) is 0 Å². The fraction of sp³-hybridized carbons (Fsp3) is 1.00. The number of rotatable bonds is 4. The molecule has 1 rings (SSSR count). The summed E-state index contributed by atoms with van der Waals surface area (Å²) in [5.41, 5.74) is 0.107. The van der Waals surface area contributed by atoms with Crippen LogP contribution >= 0.6 is 0 Å². The molecule has 1 saturated carbocycles. The van der Waals surface area contributed by atoms with E-state index in [1.54, 1.807) is 0 Å². The van der Waals surface area contributed by atoms with Crippen molar-refractivity contribution in [3.8, 4) is 0 Å². The Morgan fingerprint density at radius 3 is 2.21 bits per heavy atom. The zero-order valence-corrected chi connectivity index (χ0v) is 10.3. The summed E-state index contributed by atoms with van der Waals surface area (Å²) in [4.78, 5) is 0. The smallest absolute Gasteiger partial charge is 0.0654 e. The van der Waals surface area contributed by atoms with Crippen LogP contribution in [0.15, 0.2) is 0 Å². The van der Waals surface area contributed by atoms with E-state index in [2.05, 4.69) is 27.7 Å². The Morgan fingerprint density at radius 2 is 1.71 bits per heavy atom. The van der Waals surface area contributed by atoms with Crippen molar-refractivity contribution >= 4 is 0 Å². The van der Waals surface area contributed by atoms with Crippen molar-refractivity contribution in [1.29, 1.82) is 0 Å². The van der Waals surface area contributed by atoms with Crippen LogP contribution in [-0.4, -0.2) is 12.2 Å². The lowest BCUT2D eigenvalue weighted by Crippen LogP contribution is -2.37. The average molecular weight is 198 g/mol. The normalized spacial score (nSPS) is 29.1. The van der Waals surface area contributed by atoms with Gasteiger partial charge in [-0.15, -0.1) is 0 Å². The highest BCUT2D eigenvalue weighted by atomic mass is 16.5. The van der Waals surface area contributed by atoms with Crippen LogP contribution in [0.3, 0.4) is 0 Å². The van der Waals surface area contributed by atoms with Gasteiger partial charge in [0.15, 0.2) is 0 Å². The lowest BCUT2D eigenvalue weighted by molar-refractivity contribution is -0.0726. The van der Waals surface area contributed by atoms with E-state index in [1.807, 2.05) is 0 Å². The topological polar surface area (TPSA) is 9.23 Å². The third kappa shape index (κ3) is 3.27. The molecule has 0 aromatic carbocycles. The van der Waals surface area contributed by atoms with Crippen molar-refractivity contribution in [2.24, 2.45) is 11.8 Å². The summed E-state index contributed by atoms with van der Waals surface area (Å²) in [5.74, 6) is 1.72. The van der Waals surface area contributed by atoms with Gasteiger partial charge in [-0.1, -0.05) is 26.7 Å². The first-order chi connectivity index (χ1) is 6.56. The molecule has 0 aromatic rings. The highest BCUT2D eigenvalue weighted by molar-refractivity contribution is 4.83. The molecule has 0 radical (unpaired) electrons. The maximum atomic E-state index is 5.95. The van der Waals surface area contributed by atoms with Crippen LogP contribution in [0.2, 0.25) is 0 Å². The van der Waals surface area contributed by atoms with Crippen LogP contribution in [-0.2, 0) is 4.74 Å². The Bertz CT molecular complexity index is 155. The first kappa shape index (κ1) is 12.0. The van der Waals surface area contributed by atoms with Gasteiger partial charge >= 0.3 is 0 Å². The first-order valence-corrected chi connectivity index (χ1v) is 6.20. The van der Waals surface area contributed by atoms with Crippen LogP contribution in [0.4, 0.5) is 0 Å². The molecule has 0 spiro atoms. The van der Waals surface area contributed by atoms with E-state index in [0.29, 0.717) is 0 Å². The maximum Gasteiger partial charge on any atom is 0.0654 e. The Hall–Kier alpha value is -0.0400. The van der Waals surface area contributed by atoms with Crippen LogP contribution < -0.4 is 0 Å². The molecular formula is C13H26O. The molecule has 1 fully saturated rings. The predicted octanol–water partition coefficient (Wildman–Crippen LogP) is 4.02. The van der Waals surface area contributed by atoms with E-state index in [9.17, 15) is 0 Å². The Balaban J connectivity index is 2.38. The van der Waals surface area contributed by atoms with Crippen LogP contribution in [0, 0.1) is 11.8 Å². The van der Waals surface area contributed by atoms with Crippen molar-refractivity contribution in [3.63, 3.8) is 0 Å². The van der Waals surface area contributed by atoms with Gasteiger partial charge in [0, 0.05) is 6.61 Å². The average Bonchev–Trinajstić information content (AvgIpc) is 2.16. The molecule has 0 N–H and O–H groups in total. The summed E-state index contributed by atoms with van der Waals surface area (Å²) in [5, 5.41) is 0. The number of hydrogen-bond acceptors (Lipinski definition) is 1. The van der Waals surface area contributed by atoms with Gasteiger partial charge in [0.25, 0.3) is 0 Å². The molecule has 1 aliphatic carbocycles. The van der Waals surface area contributed by atoms with Gasteiger partial charge in [-0.25, -0.2) is 0 Å². The molecule has 0 aliphatic heterocycles. The lowest BCUT2D eigenvalue weighted by Gasteiger charge is -2.38. The molecule has 1 nitrogen and oxygen atoms in total. The standard InChI is InChI=1S/C13H26O/c1-5-10-14-13(3,4)12-8-6-11(2)7-9-12/h11-12H,5-10H2,1-4H3. The van der Waals surface area contributed by atoms with E-state index >= 15 is 0 Å². The Labute approximate surface area is 89.2 Å². The molecule has 0 aromatic heterocycles. The van der Waals surface area contributed by atoms with Gasteiger partial charge in [-0.05, 0) is 44.9 Å². The molecule has 0 saturated heterocycles. The molecule has 0 unspecified atom stereocenters. The summed E-state index contributed by atoms with van der Waals surface area (Å²) in [6.07, 6.45) is 6.63. The second-order valence-electron chi connectivity index (χ2n) is 5.41. The van der Waals surface area contributed by atoms with Crippen molar-refractivity contribution in [2.75, 3.05) is 6.61 Å². The van der Waals surface area contributed by atoms with Gasteiger partial charge in [0.2, 0.25) is 0 Å². The third-order valence-electron chi connectivity index (χ3n) is 3.68. The largest absolute Gasteiger partial charge is 0.375 e. The van der Waals surface area contributed by atoms with E-state index in [-0.39, 0.29) is 5.60 Å². The van der Waals surface area contributed by atoms with Crippen molar-refractivity contribution in [2.45, 2.75) is 65.4 Å². The Kier molecular flexibility index (Phi) is 4.43. The molecule has 1 aliphatic rings. The summed E-state index contributed by atoms with van der Waals surface area (Å²) < 4.78 is 5.95. The maximum absolute atomic E-state index is 5.95. The lowest BCUT2D eigenvalue weighted by atomic mass is 9.75. The summed E-state index contributed by atoms with van der Waals surface area (Å²) in [7, 11) is 0. The van der Waals surface area contributed by atoms with Gasteiger partial charge in [-0.2, -0.15) is 0 Å². The number of hydrogen-bond donors (Lipinski definition) is 0. The van der Waals surface area contributed by atoms with Crippen LogP contribution in [0.5, 0.6) is 0 Å². The summed E-state index contributed by atoms with van der Waals surface area (Å²) in [6, 6.07) is 0. The highest BCUT2D eigenvalue weighted by Gasteiger charge is 2.32. The van der Waals surface area contributed by atoms with E-state index < -0.39 is 0 Å². The minimum atomic E-state index is 0.107. The monoisotopic (exact) mass is 198 g/mol. The Morgan fingerprint density at radius 1 is 1.14 bits per heavy atom. The van der Waals surface area contributed by atoms with Crippen molar-refractivity contribution < 1.29 is 4.74 Å². The minimum absolute atomic E-state index is 0.107. The zero-order valence-electron chi connectivity index (χ0n) is 10.3. The quantitative estimate of drug-likeness (QED) is 0.663. The molecule has 0 bridgehead atoms. The molecule has 1 heteroatoms. The van der Waals surface area contributed by atoms with Crippen molar-refractivity contribution in [1.82, 2.24) is 0 Å². The van der Waals surface area contributed by atoms with Crippen LogP contribution in [0.25, 0.3) is 0 Å². The summed E-state index contributed by atoms with van der Waals surface area (Å²) >= 11 is 0. The van der Waals surface area contributed by atoms with E-state index in [0.717, 1.165) is 24.9 Å². The highest BCUT2D eigenvalue weighted by Crippen LogP contribution is 2.36. The summed E-state index contributed by atoms with van der Waals surface area (Å²) in [6.45, 7) is 10.0. The molecule has 14 heavy (non-hydrogen) atoms. The predicted molar refractivity (Wildman–Crippen MR) is 61.4 cm³/mol. The fourth-order valence-corrected chi connectivity index (χ4v) is 2.44. The minimum Gasteiger partial charge on any atom is -0.375 e. The second kappa shape index (κ2) is 5.16. The third-order valence-corrected chi connectivity index (χ3v) is 3.68. The molecule has 0 amide bonds. The SMILES string of the molecule is CCCOC(C)(C)C1CCC(C)CC1. The van der Waals surface area contributed by atoms with E-state index in [4.69, 9.17) is 4.74 Å². The first-order valence-electron chi connectivity index (χ1n) is 6.20. The number of ether oxygens (including phenoxy) is 1. The van der Waals surface area contributed by atoms with E-state index in [1.165, 1.54) is 25.7 Å².